The van der Waals surface area contributed by atoms with E-state index in [9.17, 15) is 13.9 Å². The summed E-state index contributed by atoms with van der Waals surface area (Å²) in [4.78, 5) is 3.87. The molecule has 0 aliphatic heterocycles. The van der Waals surface area contributed by atoms with Gasteiger partial charge in [0.15, 0.2) is 0 Å². The van der Waals surface area contributed by atoms with Crippen LogP contribution in [0.2, 0.25) is 0 Å². The Kier molecular flexibility index (Phi) is 5.20. The molecule has 8 heteroatoms. The lowest BCUT2D eigenvalue weighted by atomic mass is 10.1. The topological polar surface area (TPSA) is 69.4 Å². The van der Waals surface area contributed by atoms with Crippen molar-refractivity contribution in [3.8, 4) is 17.2 Å². The lowest BCUT2D eigenvalue weighted by Crippen LogP contribution is -2.10. The minimum atomic E-state index is -2.88. The van der Waals surface area contributed by atoms with Crippen molar-refractivity contribution in [1.82, 2.24) is 14.8 Å². The van der Waals surface area contributed by atoms with Gasteiger partial charge in [-0.2, -0.15) is 13.9 Å². The molecule has 2 aromatic carbocycles. The zero-order valence-electron chi connectivity index (χ0n) is 13.0. The molecule has 3 rings (SSSR count). The lowest BCUT2D eigenvalue weighted by molar-refractivity contribution is -0.0498. The highest BCUT2D eigenvalue weighted by molar-refractivity contribution is 5.36. The van der Waals surface area contributed by atoms with E-state index in [1.807, 2.05) is 12.1 Å². The molecule has 6 nitrogen and oxygen atoms in total. The van der Waals surface area contributed by atoms with Crippen LogP contribution in [0.25, 0.3) is 5.69 Å². The molecule has 1 N–H and O–H groups in total. The first-order valence-corrected chi connectivity index (χ1v) is 7.42. The number of aliphatic hydroxyl groups is 1. The van der Waals surface area contributed by atoms with Crippen LogP contribution < -0.4 is 9.47 Å². The standard InChI is InChI=1S/C17H15F2N3O3/c18-17(19)25-15-5-1-12(2-6-15)16(23)9-24-14-7-3-13(4-8-14)22-11-20-10-21-22/h1-8,10-11,16-17,23H,9H2. The second kappa shape index (κ2) is 7.71. The molecule has 1 unspecified atom stereocenters. The van der Waals surface area contributed by atoms with E-state index in [4.69, 9.17) is 4.74 Å². The van der Waals surface area contributed by atoms with Gasteiger partial charge in [-0.05, 0) is 42.0 Å². The largest absolute Gasteiger partial charge is 0.491 e. The Labute approximate surface area is 142 Å². The molecule has 1 atom stereocenters. The number of aliphatic hydroxyl groups excluding tert-OH is 1. The molecule has 0 aliphatic rings. The molecule has 1 heterocycles. The molecule has 1 aromatic heterocycles. The second-order valence-electron chi connectivity index (χ2n) is 5.11. The number of ether oxygens (including phenoxy) is 2. The number of halogens is 2. The molecule has 130 valence electrons. The molecule has 3 aromatic rings. The summed E-state index contributed by atoms with van der Waals surface area (Å²) < 4.78 is 35.6. The number of nitrogens with zero attached hydrogens (tertiary/aromatic N) is 3. The summed E-state index contributed by atoms with van der Waals surface area (Å²) in [5, 5.41) is 14.1. The average Bonchev–Trinajstić information content (AvgIpc) is 3.15. The van der Waals surface area contributed by atoms with Gasteiger partial charge in [-0.15, -0.1) is 0 Å². The van der Waals surface area contributed by atoms with Crippen LogP contribution in [-0.4, -0.2) is 33.1 Å². The Bertz CT molecular complexity index is 778. The van der Waals surface area contributed by atoms with Crippen LogP contribution in [0, 0.1) is 0 Å². The fourth-order valence-corrected chi connectivity index (χ4v) is 2.18. The van der Waals surface area contributed by atoms with Gasteiger partial charge in [0.25, 0.3) is 0 Å². The molecule has 25 heavy (non-hydrogen) atoms. The summed E-state index contributed by atoms with van der Waals surface area (Å²) >= 11 is 0. The fourth-order valence-electron chi connectivity index (χ4n) is 2.18. The molecule has 0 saturated heterocycles. The Hall–Kier alpha value is -3.00. The normalized spacial score (nSPS) is 12.2. The zero-order chi connectivity index (χ0) is 17.6. The van der Waals surface area contributed by atoms with E-state index in [0.717, 1.165) is 5.69 Å². The van der Waals surface area contributed by atoms with Crippen LogP contribution >= 0.6 is 0 Å². The van der Waals surface area contributed by atoms with Crippen molar-refractivity contribution >= 4 is 0 Å². The first kappa shape index (κ1) is 16.8. The van der Waals surface area contributed by atoms with Crippen molar-refractivity contribution in [3.05, 3.63) is 66.7 Å². The molecule has 0 bridgehead atoms. The number of alkyl halides is 2. The van der Waals surface area contributed by atoms with Crippen LogP contribution in [0.1, 0.15) is 11.7 Å². The van der Waals surface area contributed by atoms with Crippen LogP contribution in [0.3, 0.4) is 0 Å². The molecule has 0 aliphatic carbocycles. The van der Waals surface area contributed by atoms with Gasteiger partial charge in [0.1, 0.15) is 36.9 Å². The second-order valence-corrected chi connectivity index (χ2v) is 5.11. The Balaban J connectivity index is 1.55. The molecule has 0 fully saturated rings. The van der Waals surface area contributed by atoms with E-state index in [2.05, 4.69) is 14.8 Å². The maximum atomic E-state index is 12.1. The molecule has 0 spiro atoms. The van der Waals surface area contributed by atoms with E-state index >= 15 is 0 Å². The molecule has 0 amide bonds. The maximum absolute atomic E-state index is 12.1. The maximum Gasteiger partial charge on any atom is 0.387 e. The van der Waals surface area contributed by atoms with Crippen LogP contribution in [-0.2, 0) is 0 Å². The SMILES string of the molecule is OC(COc1ccc(-n2cncn2)cc1)c1ccc(OC(F)F)cc1. The highest BCUT2D eigenvalue weighted by Crippen LogP contribution is 2.21. The van der Waals surface area contributed by atoms with Crippen LogP contribution in [0.4, 0.5) is 8.78 Å². The number of hydrogen-bond donors (Lipinski definition) is 1. The minimum Gasteiger partial charge on any atom is -0.491 e. The third-order valence-corrected chi connectivity index (χ3v) is 3.42. The van der Waals surface area contributed by atoms with Gasteiger partial charge in [0.05, 0.1) is 5.69 Å². The quantitative estimate of drug-likeness (QED) is 0.712. The summed E-state index contributed by atoms with van der Waals surface area (Å²) in [5.41, 5.74) is 1.38. The van der Waals surface area contributed by atoms with E-state index in [0.29, 0.717) is 11.3 Å². The summed E-state index contributed by atoms with van der Waals surface area (Å²) in [6.07, 6.45) is 2.13. The van der Waals surface area contributed by atoms with Gasteiger partial charge in [0, 0.05) is 0 Å². The first-order chi connectivity index (χ1) is 12.1. The number of aromatic nitrogens is 3. The third-order valence-electron chi connectivity index (χ3n) is 3.42. The predicted octanol–water partition coefficient (Wildman–Crippen LogP) is 2.98. The number of hydrogen-bond acceptors (Lipinski definition) is 5. The van der Waals surface area contributed by atoms with Crippen molar-refractivity contribution in [2.45, 2.75) is 12.7 Å². The third kappa shape index (κ3) is 4.51. The van der Waals surface area contributed by atoms with E-state index < -0.39 is 12.7 Å². The van der Waals surface area contributed by atoms with E-state index in [1.54, 1.807) is 23.1 Å². The van der Waals surface area contributed by atoms with Gasteiger partial charge >= 0.3 is 6.61 Å². The van der Waals surface area contributed by atoms with Crippen molar-refractivity contribution < 1.29 is 23.4 Å². The Morgan fingerprint density at radius 2 is 1.68 bits per heavy atom. The highest BCUT2D eigenvalue weighted by atomic mass is 19.3. The van der Waals surface area contributed by atoms with Gasteiger partial charge in [0.2, 0.25) is 0 Å². The van der Waals surface area contributed by atoms with Gasteiger partial charge in [-0.3, -0.25) is 0 Å². The Morgan fingerprint density at radius 1 is 1.00 bits per heavy atom. The first-order valence-electron chi connectivity index (χ1n) is 7.42. The van der Waals surface area contributed by atoms with Gasteiger partial charge in [-0.25, -0.2) is 9.67 Å². The summed E-state index contributed by atoms with van der Waals surface area (Å²) in [7, 11) is 0. The highest BCUT2D eigenvalue weighted by Gasteiger charge is 2.10. The predicted molar refractivity (Wildman–Crippen MR) is 84.9 cm³/mol. The van der Waals surface area contributed by atoms with Crippen molar-refractivity contribution in [1.29, 1.82) is 0 Å². The van der Waals surface area contributed by atoms with E-state index in [-0.39, 0.29) is 12.4 Å². The monoisotopic (exact) mass is 347 g/mol. The smallest absolute Gasteiger partial charge is 0.387 e. The van der Waals surface area contributed by atoms with E-state index in [1.165, 1.54) is 30.6 Å². The molecular weight excluding hydrogens is 332 g/mol. The molecular formula is C17H15F2N3O3. The molecule has 0 radical (unpaired) electrons. The minimum absolute atomic E-state index is 0.0255. The summed E-state index contributed by atoms with van der Waals surface area (Å²) in [6, 6.07) is 12.9. The average molecular weight is 347 g/mol. The number of benzene rings is 2. The van der Waals surface area contributed by atoms with Crippen molar-refractivity contribution in [3.63, 3.8) is 0 Å². The summed E-state index contributed by atoms with van der Waals surface area (Å²) in [5.74, 6) is 0.621. The van der Waals surface area contributed by atoms with Crippen LogP contribution in [0.15, 0.2) is 61.2 Å². The molecule has 0 saturated carbocycles. The van der Waals surface area contributed by atoms with Crippen LogP contribution in [0.5, 0.6) is 11.5 Å². The van der Waals surface area contributed by atoms with Gasteiger partial charge < -0.3 is 14.6 Å². The zero-order valence-corrected chi connectivity index (χ0v) is 13.0. The van der Waals surface area contributed by atoms with Crippen molar-refractivity contribution in [2.24, 2.45) is 0 Å². The van der Waals surface area contributed by atoms with Gasteiger partial charge in [-0.1, -0.05) is 12.1 Å². The van der Waals surface area contributed by atoms with Crippen molar-refractivity contribution in [2.75, 3.05) is 6.61 Å². The fraction of sp³-hybridized carbons (Fsp3) is 0.176. The lowest BCUT2D eigenvalue weighted by Gasteiger charge is -2.13. The summed E-state index contributed by atoms with van der Waals surface area (Å²) in [6.45, 7) is -2.85. The Morgan fingerprint density at radius 3 is 2.28 bits per heavy atom. The number of rotatable bonds is 7.